The molecule has 2 amide bonds. The van der Waals surface area contributed by atoms with E-state index in [4.69, 9.17) is 11.6 Å². The highest BCUT2D eigenvalue weighted by molar-refractivity contribution is 7.92. The second-order valence-corrected chi connectivity index (χ2v) is 15.4. The third-order valence-electron chi connectivity index (χ3n) is 8.69. The van der Waals surface area contributed by atoms with Crippen molar-refractivity contribution >= 4 is 38.9 Å². The van der Waals surface area contributed by atoms with Crippen molar-refractivity contribution in [1.82, 2.24) is 5.32 Å². The molecule has 5 N–H and O–H groups in total. The molecule has 2 aliphatic rings. The molecule has 4 atom stereocenters. The number of aliphatic hydroxyl groups excluding tert-OH is 2. The molecular formula is C30H36ClF3N2O7S. The molecule has 4 rings (SSSR count). The van der Waals surface area contributed by atoms with Gasteiger partial charge in [-0.2, -0.15) is 0 Å². The zero-order valence-electron chi connectivity index (χ0n) is 24.4. The van der Waals surface area contributed by atoms with E-state index in [1.54, 1.807) is 20.8 Å². The molecule has 2 bridgehead atoms. The molecule has 9 nitrogen and oxygen atoms in total. The second kappa shape index (κ2) is 12.6. The van der Waals surface area contributed by atoms with E-state index >= 15 is 0 Å². The number of aliphatic hydroxyl groups is 3. The number of benzene rings is 2. The number of halogens is 4. The van der Waals surface area contributed by atoms with Gasteiger partial charge >= 0.3 is 0 Å². The average molecular weight is 661 g/mol. The molecule has 0 radical (unpaired) electrons. The van der Waals surface area contributed by atoms with E-state index in [1.165, 1.54) is 12.1 Å². The van der Waals surface area contributed by atoms with Crippen LogP contribution in [-0.4, -0.2) is 65.2 Å². The van der Waals surface area contributed by atoms with E-state index in [1.807, 2.05) is 0 Å². The van der Waals surface area contributed by atoms with Crippen molar-refractivity contribution in [2.75, 3.05) is 11.9 Å². The van der Waals surface area contributed by atoms with Crippen LogP contribution in [-0.2, 0) is 14.6 Å². The van der Waals surface area contributed by atoms with Gasteiger partial charge in [0.25, 0.3) is 5.91 Å². The predicted octanol–water partition coefficient (Wildman–Crippen LogP) is 3.98. The molecule has 0 saturated heterocycles. The summed E-state index contributed by atoms with van der Waals surface area (Å²) in [6, 6.07) is 4.66. The minimum Gasteiger partial charge on any atom is -0.390 e. The first-order chi connectivity index (χ1) is 20.3. The summed E-state index contributed by atoms with van der Waals surface area (Å²) >= 11 is 6.26. The molecule has 0 aliphatic heterocycles. The normalized spacial score (nSPS) is 24.9. The van der Waals surface area contributed by atoms with Gasteiger partial charge < -0.3 is 26.0 Å². The number of amides is 2. The molecule has 2 saturated carbocycles. The van der Waals surface area contributed by atoms with Gasteiger partial charge in [0.2, 0.25) is 5.91 Å². The zero-order chi connectivity index (χ0) is 32.8. The smallest absolute Gasteiger partial charge is 0.255 e. The van der Waals surface area contributed by atoms with Crippen LogP contribution in [0.1, 0.15) is 63.2 Å². The van der Waals surface area contributed by atoms with Crippen molar-refractivity contribution in [3.05, 3.63) is 58.4 Å². The number of hydrogen-bond donors (Lipinski definition) is 5. The maximum atomic E-state index is 13.8. The Morgan fingerprint density at radius 1 is 1.02 bits per heavy atom. The quantitative estimate of drug-likeness (QED) is 0.255. The van der Waals surface area contributed by atoms with Crippen LogP contribution in [0.15, 0.2) is 35.2 Å². The Labute approximate surface area is 258 Å². The van der Waals surface area contributed by atoms with Crippen LogP contribution in [0.5, 0.6) is 0 Å². The van der Waals surface area contributed by atoms with E-state index in [0.717, 1.165) is 6.07 Å². The fraction of sp³-hybridized carbons (Fsp3) is 0.533. The van der Waals surface area contributed by atoms with Crippen LogP contribution in [0.4, 0.5) is 18.9 Å². The molecule has 14 heteroatoms. The molecule has 242 valence electrons. The van der Waals surface area contributed by atoms with Crippen molar-refractivity contribution in [1.29, 1.82) is 0 Å². The standard InChI is InChI=1S/C30H36ClF3N2O7S/c1-29(2,3)28(40)35-14-24(38)23(37)13-30(41)16-5-6-17(30)10-19(9-16)44(42,43)25-8-15(4-7-20(25)31)27(39)36-18-11-21(32)26(34)22(33)12-18/h4,7-8,11-12,16-17,19,23-24,37-38,41H,5-6,9-10,13-14H2,1-3H3,(H,35,40)(H,36,39)/t16?,17?,19-,23?,24?,30-. The number of sulfone groups is 1. The topological polar surface area (TPSA) is 153 Å². The Kier molecular flexibility index (Phi) is 9.78. The lowest BCUT2D eigenvalue weighted by Gasteiger charge is -2.44. The highest BCUT2D eigenvalue weighted by atomic mass is 35.5. The van der Waals surface area contributed by atoms with E-state index in [0.29, 0.717) is 25.0 Å². The zero-order valence-corrected chi connectivity index (χ0v) is 26.0. The minimum atomic E-state index is -4.15. The van der Waals surface area contributed by atoms with Crippen LogP contribution in [0, 0.1) is 34.7 Å². The predicted molar refractivity (Wildman–Crippen MR) is 156 cm³/mol. The molecule has 0 aromatic heterocycles. The Morgan fingerprint density at radius 3 is 2.14 bits per heavy atom. The van der Waals surface area contributed by atoms with Crippen molar-refractivity contribution in [2.45, 2.75) is 80.8 Å². The van der Waals surface area contributed by atoms with Crippen LogP contribution >= 0.6 is 11.6 Å². The van der Waals surface area contributed by atoms with Crippen LogP contribution in [0.2, 0.25) is 5.02 Å². The Bertz CT molecular complexity index is 1510. The molecule has 0 heterocycles. The second-order valence-electron chi connectivity index (χ2n) is 12.8. The lowest BCUT2D eigenvalue weighted by Crippen LogP contribution is -2.52. The van der Waals surface area contributed by atoms with Gasteiger partial charge in [-0.25, -0.2) is 21.6 Å². The SMILES string of the molecule is CC(C)(C)C(=O)NCC(O)C(O)C[C@]1(O)C2CCC1C[C@@H](S(=O)(=O)c1cc(C(=O)Nc3cc(F)c(F)c(F)c3)ccc1Cl)C2. The van der Waals surface area contributed by atoms with Crippen molar-refractivity contribution in [3.8, 4) is 0 Å². The van der Waals surface area contributed by atoms with Crippen molar-refractivity contribution in [3.63, 3.8) is 0 Å². The Hall–Kier alpha value is -2.71. The molecule has 0 spiro atoms. The average Bonchev–Trinajstić information content (AvgIpc) is 3.09. The Balaban J connectivity index is 1.47. The first-order valence-corrected chi connectivity index (χ1v) is 16.1. The first kappa shape index (κ1) is 34.2. The first-order valence-electron chi connectivity index (χ1n) is 14.2. The summed E-state index contributed by atoms with van der Waals surface area (Å²) in [5.74, 6) is -6.98. The number of rotatable bonds is 9. The molecule has 2 aromatic carbocycles. The number of carbonyl (C=O) groups excluding carboxylic acids is 2. The molecule has 4 unspecified atom stereocenters. The van der Waals surface area contributed by atoms with Crippen LogP contribution < -0.4 is 10.6 Å². The van der Waals surface area contributed by atoms with Crippen molar-refractivity contribution in [2.24, 2.45) is 17.3 Å². The van der Waals surface area contributed by atoms with Gasteiger partial charge in [0.1, 0.15) is 0 Å². The number of nitrogens with one attached hydrogen (secondary N) is 2. The monoisotopic (exact) mass is 660 g/mol. The lowest BCUT2D eigenvalue weighted by atomic mass is 9.71. The maximum absolute atomic E-state index is 13.8. The molecule has 2 aliphatic carbocycles. The summed E-state index contributed by atoms with van der Waals surface area (Å²) in [5.41, 5.74) is -2.69. The van der Waals surface area contributed by atoms with Gasteiger partial charge in [0.05, 0.1) is 33.0 Å². The minimum absolute atomic E-state index is 0.0415. The van der Waals surface area contributed by atoms with Gasteiger partial charge in [-0.05, 0) is 55.7 Å². The van der Waals surface area contributed by atoms with E-state index in [2.05, 4.69) is 10.6 Å². The van der Waals surface area contributed by atoms with Crippen molar-refractivity contribution < 1.29 is 46.5 Å². The lowest BCUT2D eigenvalue weighted by molar-refractivity contribution is -0.130. The molecule has 2 fully saturated rings. The van der Waals surface area contributed by atoms with Gasteiger partial charge in [0.15, 0.2) is 27.3 Å². The highest BCUT2D eigenvalue weighted by Crippen LogP contribution is 2.54. The summed E-state index contributed by atoms with van der Waals surface area (Å²) in [6.07, 6.45) is -1.84. The fourth-order valence-electron chi connectivity index (χ4n) is 6.14. The number of anilines is 1. The van der Waals surface area contributed by atoms with E-state index in [-0.39, 0.29) is 52.9 Å². The Morgan fingerprint density at radius 2 is 1.59 bits per heavy atom. The molecular weight excluding hydrogens is 625 g/mol. The molecule has 2 aromatic rings. The van der Waals surface area contributed by atoms with Crippen LogP contribution in [0.25, 0.3) is 0 Å². The number of fused-ring (bicyclic) bond motifs is 2. The van der Waals surface area contributed by atoms with Gasteiger partial charge in [-0.15, -0.1) is 0 Å². The highest BCUT2D eigenvalue weighted by Gasteiger charge is 2.56. The van der Waals surface area contributed by atoms with Gasteiger partial charge in [0, 0.05) is 41.8 Å². The van der Waals surface area contributed by atoms with E-state index in [9.17, 15) is 46.5 Å². The van der Waals surface area contributed by atoms with Gasteiger partial charge in [-0.1, -0.05) is 32.4 Å². The third-order valence-corrected chi connectivity index (χ3v) is 11.3. The van der Waals surface area contributed by atoms with Gasteiger partial charge in [-0.3, -0.25) is 9.59 Å². The summed E-state index contributed by atoms with van der Waals surface area (Å²) in [5, 5.41) is 36.4. The fourth-order valence-corrected chi connectivity index (χ4v) is 8.54. The number of carbonyl (C=O) groups is 2. The maximum Gasteiger partial charge on any atom is 0.255 e. The third kappa shape index (κ3) is 6.91. The summed E-state index contributed by atoms with van der Waals surface area (Å²) in [6.45, 7) is 4.89. The van der Waals surface area contributed by atoms with Crippen LogP contribution in [0.3, 0.4) is 0 Å². The summed E-state index contributed by atoms with van der Waals surface area (Å²) in [4.78, 5) is 24.6. The molecule has 44 heavy (non-hydrogen) atoms. The summed E-state index contributed by atoms with van der Waals surface area (Å²) in [7, 11) is -4.15. The summed E-state index contributed by atoms with van der Waals surface area (Å²) < 4.78 is 68.0. The van der Waals surface area contributed by atoms with E-state index < -0.39 is 73.5 Å². The number of hydrogen-bond acceptors (Lipinski definition) is 7. The largest absolute Gasteiger partial charge is 0.390 e.